The summed E-state index contributed by atoms with van der Waals surface area (Å²) in [5, 5.41) is 13.0. The summed E-state index contributed by atoms with van der Waals surface area (Å²) >= 11 is 0. The topological polar surface area (TPSA) is 90.2 Å². The molecule has 2 N–H and O–H groups in total. The second-order valence-electron chi connectivity index (χ2n) is 7.64. The molecule has 0 fully saturated rings. The van der Waals surface area contributed by atoms with Crippen LogP contribution in [0.1, 0.15) is 29.0 Å². The van der Waals surface area contributed by atoms with Gasteiger partial charge in [0.2, 0.25) is 6.29 Å². The van der Waals surface area contributed by atoms with Crippen LogP contribution in [0.2, 0.25) is 0 Å². The molecule has 2 atom stereocenters. The molecule has 2 unspecified atom stereocenters. The lowest BCUT2D eigenvalue weighted by atomic mass is 9.92. The molecule has 1 aromatic heterocycles. The van der Waals surface area contributed by atoms with Gasteiger partial charge >= 0.3 is 0 Å². The third-order valence-corrected chi connectivity index (χ3v) is 5.42. The zero-order valence-electron chi connectivity index (χ0n) is 18.0. The summed E-state index contributed by atoms with van der Waals surface area (Å²) in [6, 6.07) is 15.3. The van der Waals surface area contributed by atoms with Gasteiger partial charge in [-0.05, 0) is 23.3 Å². The molecule has 0 bridgehead atoms. The van der Waals surface area contributed by atoms with Crippen LogP contribution in [0, 0.1) is 0 Å². The SMILES string of the molecule is COCCNC(=O)C1=CC(c2coc3ccccc23)CC(OCc2ccc(CO)cc2)O1. The van der Waals surface area contributed by atoms with E-state index in [4.69, 9.17) is 18.6 Å². The predicted molar refractivity (Wildman–Crippen MR) is 119 cm³/mol. The first-order valence-electron chi connectivity index (χ1n) is 10.6. The van der Waals surface area contributed by atoms with E-state index >= 15 is 0 Å². The highest BCUT2D eigenvalue weighted by atomic mass is 16.7. The highest BCUT2D eigenvalue weighted by Crippen LogP contribution is 2.36. The fourth-order valence-electron chi connectivity index (χ4n) is 3.70. The Balaban J connectivity index is 1.52. The van der Waals surface area contributed by atoms with Crippen molar-refractivity contribution < 1.29 is 28.5 Å². The number of carbonyl (C=O) groups is 1. The van der Waals surface area contributed by atoms with E-state index in [1.54, 1.807) is 13.4 Å². The van der Waals surface area contributed by atoms with E-state index in [-0.39, 0.29) is 24.2 Å². The molecule has 3 aromatic rings. The van der Waals surface area contributed by atoms with Crippen LogP contribution in [0.5, 0.6) is 0 Å². The summed E-state index contributed by atoms with van der Waals surface area (Å²) < 4.78 is 22.6. The second kappa shape index (κ2) is 10.5. The summed E-state index contributed by atoms with van der Waals surface area (Å²) in [6.07, 6.45) is 3.52. The molecule has 4 rings (SSSR count). The molecular formula is C25H27NO6. The molecule has 7 heteroatoms. The number of carbonyl (C=O) groups excluding carboxylic acids is 1. The standard InChI is InChI=1S/C25H27NO6/c1-29-11-10-26-25(28)23-12-19(21-16-30-22-5-3-2-4-20(21)22)13-24(32-23)31-15-18-8-6-17(14-27)7-9-18/h2-9,12,16,19,24,27H,10-11,13-15H2,1H3,(H,26,28). The number of allylic oxidation sites excluding steroid dienone is 1. The van der Waals surface area contributed by atoms with Gasteiger partial charge in [0.05, 0.1) is 26.1 Å². The number of rotatable bonds is 9. The number of hydrogen-bond acceptors (Lipinski definition) is 6. The molecule has 2 aromatic carbocycles. The van der Waals surface area contributed by atoms with Crippen LogP contribution >= 0.6 is 0 Å². The largest absolute Gasteiger partial charge is 0.464 e. The molecule has 32 heavy (non-hydrogen) atoms. The van der Waals surface area contributed by atoms with Crippen LogP contribution < -0.4 is 5.32 Å². The number of aliphatic hydroxyl groups excluding tert-OH is 1. The zero-order valence-corrected chi connectivity index (χ0v) is 18.0. The molecule has 1 aliphatic rings. The monoisotopic (exact) mass is 437 g/mol. The van der Waals surface area contributed by atoms with Gasteiger partial charge in [-0.15, -0.1) is 0 Å². The fraction of sp³-hybridized carbons (Fsp3) is 0.320. The van der Waals surface area contributed by atoms with E-state index < -0.39 is 6.29 Å². The van der Waals surface area contributed by atoms with Gasteiger partial charge in [0.1, 0.15) is 5.58 Å². The highest BCUT2D eigenvalue weighted by Gasteiger charge is 2.30. The van der Waals surface area contributed by atoms with Crippen molar-refractivity contribution in [3.05, 3.63) is 83.3 Å². The van der Waals surface area contributed by atoms with Crippen molar-refractivity contribution in [2.45, 2.75) is 31.8 Å². The molecule has 0 spiro atoms. The minimum atomic E-state index is -0.598. The second-order valence-corrected chi connectivity index (χ2v) is 7.64. The van der Waals surface area contributed by atoms with Gasteiger partial charge in [-0.25, -0.2) is 0 Å². The van der Waals surface area contributed by atoms with Crippen molar-refractivity contribution in [2.24, 2.45) is 0 Å². The number of aliphatic hydroxyl groups is 1. The van der Waals surface area contributed by atoms with Crippen molar-refractivity contribution in [2.75, 3.05) is 20.3 Å². The lowest BCUT2D eigenvalue weighted by molar-refractivity contribution is -0.150. The van der Waals surface area contributed by atoms with Crippen LogP contribution in [0.3, 0.4) is 0 Å². The Morgan fingerprint density at radius 2 is 1.94 bits per heavy atom. The number of hydrogen-bond donors (Lipinski definition) is 2. The Morgan fingerprint density at radius 1 is 1.16 bits per heavy atom. The van der Waals surface area contributed by atoms with Crippen LogP contribution in [0.25, 0.3) is 11.0 Å². The van der Waals surface area contributed by atoms with Gasteiger partial charge in [0.25, 0.3) is 5.91 Å². The highest BCUT2D eigenvalue weighted by molar-refractivity contribution is 5.92. The Hall–Kier alpha value is -3.13. The molecule has 0 radical (unpaired) electrons. The number of methoxy groups -OCH3 is 1. The number of nitrogens with one attached hydrogen (secondary N) is 1. The molecule has 0 aliphatic carbocycles. The number of furan rings is 1. The molecule has 0 saturated heterocycles. The lowest BCUT2D eigenvalue weighted by Gasteiger charge is -2.29. The van der Waals surface area contributed by atoms with Gasteiger partial charge < -0.3 is 29.1 Å². The van der Waals surface area contributed by atoms with E-state index in [2.05, 4.69) is 5.32 Å². The third kappa shape index (κ3) is 5.19. The molecule has 2 heterocycles. The number of ether oxygens (including phenoxy) is 3. The van der Waals surface area contributed by atoms with Gasteiger partial charge in [-0.1, -0.05) is 42.5 Å². The maximum absolute atomic E-state index is 12.7. The molecule has 0 saturated carbocycles. The summed E-state index contributed by atoms with van der Waals surface area (Å²) in [5.74, 6) is -0.180. The molecule has 7 nitrogen and oxygen atoms in total. The Morgan fingerprint density at radius 3 is 2.72 bits per heavy atom. The number of amides is 1. The maximum Gasteiger partial charge on any atom is 0.286 e. The van der Waals surface area contributed by atoms with Crippen molar-refractivity contribution >= 4 is 16.9 Å². The Kier molecular flexibility index (Phi) is 7.21. The van der Waals surface area contributed by atoms with Crippen LogP contribution in [0.15, 0.2) is 71.0 Å². The summed E-state index contributed by atoms with van der Waals surface area (Å²) in [5.41, 5.74) is 3.59. The quantitative estimate of drug-likeness (QED) is 0.497. The number of fused-ring (bicyclic) bond motifs is 1. The van der Waals surface area contributed by atoms with Crippen LogP contribution in [0.4, 0.5) is 0 Å². The van der Waals surface area contributed by atoms with Crippen molar-refractivity contribution in [1.29, 1.82) is 0 Å². The predicted octanol–water partition coefficient (Wildman–Crippen LogP) is 3.62. The van der Waals surface area contributed by atoms with Crippen molar-refractivity contribution in [3.8, 4) is 0 Å². The molecule has 1 aliphatic heterocycles. The average Bonchev–Trinajstić information content (AvgIpc) is 3.27. The van der Waals surface area contributed by atoms with E-state index in [9.17, 15) is 9.90 Å². The number of benzene rings is 2. The van der Waals surface area contributed by atoms with Crippen molar-refractivity contribution in [3.63, 3.8) is 0 Å². The molecule has 1 amide bonds. The summed E-state index contributed by atoms with van der Waals surface area (Å²) in [6.45, 7) is 1.13. The summed E-state index contributed by atoms with van der Waals surface area (Å²) in [7, 11) is 1.58. The first-order valence-corrected chi connectivity index (χ1v) is 10.6. The number of para-hydroxylation sites is 1. The van der Waals surface area contributed by atoms with E-state index in [0.717, 1.165) is 27.7 Å². The molecule has 168 valence electrons. The average molecular weight is 437 g/mol. The van der Waals surface area contributed by atoms with Gasteiger partial charge in [-0.3, -0.25) is 4.79 Å². The minimum absolute atomic E-state index is 0.000449. The maximum atomic E-state index is 12.7. The van der Waals surface area contributed by atoms with E-state index in [1.165, 1.54) is 0 Å². The first kappa shape index (κ1) is 22.1. The van der Waals surface area contributed by atoms with Crippen LogP contribution in [-0.4, -0.2) is 37.6 Å². The van der Waals surface area contributed by atoms with Gasteiger partial charge in [-0.2, -0.15) is 0 Å². The first-order chi connectivity index (χ1) is 15.7. The van der Waals surface area contributed by atoms with E-state index in [0.29, 0.717) is 26.2 Å². The Bertz CT molecular complexity index is 1070. The smallest absolute Gasteiger partial charge is 0.286 e. The lowest BCUT2D eigenvalue weighted by Crippen LogP contribution is -2.34. The minimum Gasteiger partial charge on any atom is -0.464 e. The normalized spacial score (nSPS) is 18.2. The van der Waals surface area contributed by atoms with E-state index in [1.807, 2.05) is 54.6 Å². The van der Waals surface area contributed by atoms with Crippen molar-refractivity contribution in [1.82, 2.24) is 5.32 Å². The van der Waals surface area contributed by atoms with Gasteiger partial charge in [0, 0.05) is 36.9 Å². The molecular weight excluding hydrogens is 410 g/mol. The van der Waals surface area contributed by atoms with Gasteiger partial charge in [0.15, 0.2) is 5.76 Å². The Labute approximate surface area is 186 Å². The fourth-order valence-corrected chi connectivity index (χ4v) is 3.70. The zero-order chi connectivity index (χ0) is 22.3. The van der Waals surface area contributed by atoms with Crippen LogP contribution in [-0.2, 0) is 32.2 Å². The summed E-state index contributed by atoms with van der Waals surface area (Å²) in [4.78, 5) is 12.7. The third-order valence-electron chi connectivity index (χ3n) is 5.42.